The molecular formula is C22H19F2N3O2S. The summed E-state index contributed by atoms with van der Waals surface area (Å²) < 4.78 is 30.2. The number of thiazole rings is 1. The Bertz CT molecular complexity index is 1300. The van der Waals surface area contributed by atoms with Crippen LogP contribution in [0, 0.1) is 11.6 Å². The van der Waals surface area contributed by atoms with Crippen molar-refractivity contribution < 1.29 is 18.7 Å². The molecular weight excluding hydrogens is 408 g/mol. The summed E-state index contributed by atoms with van der Waals surface area (Å²) in [4.78, 5) is 18.1. The molecule has 0 spiro atoms. The summed E-state index contributed by atoms with van der Waals surface area (Å²) in [5, 5.41) is 10.2. The minimum absolute atomic E-state index is 0.0750. The van der Waals surface area contributed by atoms with Gasteiger partial charge in [0.2, 0.25) is 0 Å². The predicted molar refractivity (Wildman–Crippen MR) is 112 cm³/mol. The van der Waals surface area contributed by atoms with Crippen LogP contribution in [0.5, 0.6) is 0 Å². The van der Waals surface area contributed by atoms with E-state index in [1.165, 1.54) is 35.7 Å². The number of pyridine rings is 1. The number of carboxylic acids is 1. The van der Waals surface area contributed by atoms with Crippen molar-refractivity contribution in [2.45, 2.75) is 31.7 Å². The van der Waals surface area contributed by atoms with Crippen molar-refractivity contribution in [1.82, 2.24) is 9.38 Å². The van der Waals surface area contributed by atoms with Crippen molar-refractivity contribution >= 4 is 38.2 Å². The predicted octanol–water partition coefficient (Wildman–Crippen LogP) is 4.45. The molecule has 30 heavy (non-hydrogen) atoms. The van der Waals surface area contributed by atoms with E-state index in [-0.39, 0.29) is 24.1 Å². The van der Waals surface area contributed by atoms with Gasteiger partial charge in [-0.15, -0.1) is 0 Å². The summed E-state index contributed by atoms with van der Waals surface area (Å²) in [5.41, 5.74) is 4.13. The Morgan fingerprint density at radius 1 is 1.30 bits per heavy atom. The van der Waals surface area contributed by atoms with Gasteiger partial charge < -0.3 is 14.4 Å². The lowest BCUT2D eigenvalue weighted by atomic mass is 9.89. The Morgan fingerprint density at radius 3 is 2.90 bits per heavy atom. The van der Waals surface area contributed by atoms with Gasteiger partial charge in [0.25, 0.3) is 0 Å². The van der Waals surface area contributed by atoms with Gasteiger partial charge in [-0.1, -0.05) is 11.3 Å². The number of likely N-dealkylation sites (N-methyl/N-ethyl adjacent to an activating group) is 1. The van der Waals surface area contributed by atoms with Crippen LogP contribution in [0.3, 0.4) is 0 Å². The van der Waals surface area contributed by atoms with Crippen LogP contribution in [-0.4, -0.2) is 33.6 Å². The molecule has 0 fully saturated rings. The number of benzene rings is 1. The third-order valence-corrected chi connectivity index (χ3v) is 7.02. The molecule has 0 aliphatic heterocycles. The number of carboxylic acid groups (broad SMARTS) is 1. The topological polar surface area (TPSA) is 57.8 Å². The van der Waals surface area contributed by atoms with Crippen LogP contribution in [0.1, 0.15) is 23.2 Å². The summed E-state index contributed by atoms with van der Waals surface area (Å²) in [6.07, 6.45) is 3.56. The highest BCUT2D eigenvalue weighted by atomic mass is 32.1. The number of aliphatic carboxylic acids is 1. The highest BCUT2D eigenvalue weighted by molar-refractivity contribution is 7.22. The zero-order valence-electron chi connectivity index (χ0n) is 16.2. The lowest BCUT2D eigenvalue weighted by Crippen LogP contribution is -2.36. The fraction of sp³-hybridized carbons (Fsp3) is 0.273. The van der Waals surface area contributed by atoms with Gasteiger partial charge in [0.1, 0.15) is 11.6 Å². The number of carbonyl (C=O) groups is 1. The summed E-state index contributed by atoms with van der Waals surface area (Å²) in [5.74, 6) is -1.56. The van der Waals surface area contributed by atoms with Gasteiger partial charge in [0.15, 0.2) is 5.13 Å². The highest BCUT2D eigenvalue weighted by Gasteiger charge is 2.30. The van der Waals surface area contributed by atoms with Crippen LogP contribution in [0.15, 0.2) is 36.5 Å². The summed E-state index contributed by atoms with van der Waals surface area (Å²) in [6.45, 7) is 0. The molecule has 1 atom stereocenters. The lowest BCUT2D eigenvalue weighted by molar-refractivity contribution is -0.136. The number of hydrogen-bond donors (Lipinski definition) is 1. The number of nitrogens with zero attached hydrogens (tertiary/aromatic N) is 3. The SMILES string of the molecule is CN(c1nc2cc(F)ccc2s1)C1CCc2c(CC(=O)O)c3ccc(F)cn3c2C1. The first-order chi connectivity index (χ1) is 14.4. The Labute approximate surface area is 175 Å². The standard InChI is InChI=1S/C22H19F2N3O2S/c1-26(22-25-17-8-12(23)3-7-20(17)30-22)14-4-5-15-16(10-21(28)29)18-6-2-13(24)11-27(18)19(15)9-14/h2-3,6-8,11,14H,4-5,9-10H2,1H3,(H,28,29). The minimum atomic E-state index is -0.893. The molecule has 5 rings (SSSR count). The summed E-state index contributed by atoms with van der Waals surface area (Å²) in [6, 6.07) is 7.76. The average molecular weight is 427 g/mol. The number of fused-ring (bicyclic) bond motifs is 4. The van der Waals surface area contributed by atoms with Gasteiger partial charge in [-0.05, 0) is 48.2 Å². The fourth-order valence-electron chi connectivity index (χ4n) is 4.45. The molecule has 0 radical (unpaired) electrons. The Kier molecular flexibility index (Phi) is 4.47. The van der Waals surface area contributed by atoms with Gasteiger partial charge in [-0.2, -0.15) is 0 Å². The maximum atomic E-state index is 14.0. The van der Waals surface area contributed by atoms with E-state index in [1.54, 1.807) is 16.5 Å². The molecule has 4 aromatic rings. The van der Waals surface area contributed by atoms with Gasteiger partial charge in [-0.25, -0.2) is 13.8 Å². The first-order valence-corrected chi connectivity index (χ1v) is 10.5. The van der Waals surface area contributed by atoms with Crippen LogP contribution in [-0.2, 0) is 24.1 Å². The van der Waals surface area contributed by atoms with Crippen molar-refractivity contribution in [3.05, 3.63) is 65.0 Å². The normalized spacial score (nSPS) is 16.2. The summed E-state index contributed by atoms with van der Waals surface area (Å²) in [7, 11) is 1.97. The van der Waals surface area contributed by atoms with Crippen molar-refractivity contribution in [2.75, 3.05) is 11.9 Å². The highest BCUT2D eigenvalue weighted by Crippen LogP contribution is 2.36. The maximum Gasteiger partial charge on any atom is 0.307 e. The molecule has 3 heterocycles. The Balaban J connectivity index is 1.52. The monoisotopic (exact) mass is 427 g/mol. The van der Waals surface area contributed by atoms with E-state index in [9.17, 15) is 18.7 Å². The molecule has 1 aliphatic rings. The van der Waals surface area contributed by atoms with E-state index in [4.69, 9.17) is 0 Å². The molecule has 0 amide bonds. The lowest BCUT2D eigenvalue weighted by Gasteiger charge is -2.31. The van der Waals surface area contributed by atoms with Gasteiger partial charge >= 0.3 is 5.97 Å². The maximum absolute atomic E-state index is 14.0. The van der Waals surface area contributed by atoms with Crippen molar-refractivity contribution in [3.8, 4) is 0 Å². The third-order valence-electron chi connectivity index (χ3n) is 5.90. The van der Waals surface area contributed by atoms with E-state index < -0.39 is 5.97 Å². The van der Waals surface area contributed by atoms with E-state index in [0.717, 1.165) is 45.0 Å². The van der Waals surface area contributed by atoms with Crippen LogP contribution >= 0.6 is 11.3 Å². The smallest absolute Gasteiger partial charge is 0.307 e. The van der Waals surface area contributed by atoms with E-state index in [1.807, 2.05) is 7.05 Å². The second-order valence-corrected chi connectivity index (χ2v) is 8.70. The molecule has 0 saturated heterocycles. The zero-order valence-corrected chi connectivity index (χ0v) is 17.0. The van der Waals surface area contributed by atoms with Gasteiger partial charge in [0, 0.05) is 43.0 Å². The molecule has 154 valence electrons. The van der Waals surface area contributed by atoms with E-state index in [2.05, 4.69) is 9.88 Å². The first-order valence-electron chi connectivity index (χ1n) is 9.71. The van der Waals surface area contributed by atoms with Crippen molar-refractivity contribution in [3.63, 3.8) is 0 Å². The van der Waals surface area contributed by atoms with Crippen LogP contribution in [0.4, 0.5) is 13.9 Å². The van der Waals surface area contributed by atoms with Crippen LogP contribution in [0.2, 0.25) is 0 Å². The molecule has 3 aromatic heterocycles. The van der Waals surface area contributed by atoms with Gasteiger partial charge in [0.05, 0.1) is 16.6 Å². The molecule has 1 unspecified atom stereocenters. The number of aromatic nitrogens is 2. The molecule has 0 bridgehead atoms. The molecule has 1 aromatic carbocycles. The number of anilines is 1. The van der Waals surface area contributed by atoms with Crippen molar-refractivity contribution in [2.24, 2.45) is 0 Å². The second kappa shape index (κ2) is 7.05. The van der Waals surface area contributed by atoms with Crippen LogP contribution < -0.4 is 4.90 Å². The summed E-state index contributed by atoms with van der Waals surface area (Å²) >= 11 is 1.51. The molecule has 0 saturated carbocycles. The number of hydrogen-bond acceptors (Lipinski definition) is 4. The molecule has 8 heteroatoms. The van der Waals surface area contributed by atoms with Crippen molar-refractivity contribution in [1.29, 1.82) is 0 Å². The zero-order chi connectivity index (χ0) is 21.0. The largest absolute Gasteiger partial charge is 0.481 e. The third kappa shape index (κ3) is 3.11. The number of halogens is 2. The average Bonchev–Trinajstić information content (AvgIpc) is 3.26. The fourth-order valence-corrected chi connectivity index (χ4v) is 5.42. The molecule has 1 N–H and O–H groups in total. The quantitative estimate of drug-likeness (QED) is 0.523. The van der Waals surface area contributed by atoms with Gasteiger partial charge in [-0.3, -0.25) is 4.79 Å². The second-order valence-electron chi connectivity index (χ2n) is 7.69. The minimum Gasteiger partial charge on any atom is -0.481 e. The molecule has 1 aliphatic carbocycles. The Morgan fingerprint density at radius 2 is 2.10 bits per heavy atom. The Hall–Kier alpha value is -3.00. The van der Waals surface area contributed by atoms with E-state index in [0.29, 0.717) is 11.9 Å². The van der Waals surface area contributed by atoms with E-state index >= 15 is 0 Å². The molecule has 5 nitrogen and oxygen atoms in total. The first kappa shape index (κ1) is 19.0. The number of rotatable bonds is 4. The van der Waals surface area contributed by atoms with Crippen LogP contribution in [0.25, 0.3) is 15.7 Å².